The van der Waals surface area contributed by atoms with Crippen molar-refractivity contribution in [3.8, 4) is 0 Å². The van der Waals surface area contributed by atoms with Crippen LogP contribution >= 0.6 is 0 Å². The molecule has 2 N–H and O–H groups in total. The Labute approximate surface area is 180 Å². The maximum Gasteiger partial charge on any atom is 0.241 e. The smallest absolute Gasteiger partial charge is 0.241 e. The van der Waals surface area contributed by atoms with Crippen molar-refractivity contribution in [3.63, 3.8) is 0 Å². The van der Waals surface area contributed by atoms with Crippen LogP contribution in [0.2, 0.25) is 0 Å². The normalized spacial score (nSPS) is 11.6. The Kier molecular flexibility index (Phi) is 5.92. The van der Waals surface area contributed by atoms with Crippen LogP contribution in [-0.4, -0.2) is 14.3 Å². The number of carbonyl (C=O) groups excluding carboxylic acids is 1. The highest BCUT2D eigenvalue weighted by atomic mass is 32.2. The van der Waals surface area contributed by atoms with E-state index in [0.717, 1.165) is 28.5 Å². The molecule has 4 rings (SSSR count). The predicted molar refractivity (Wildman–Crippen MR) is 117 cm³/mol. The minimum Gasteiger partial charge on any atom is -0.468 e. The minimum absolute atomic E-state index is 0.0409. The van der Waals surface area contributed by atoms with E-state index >= 15 is 0 Å². The molecular weight excluding hydrogens is 416 g/mol. The molecule has 1 amide bonds. The molecule has 2 heterocycles. The first kappa shape index (κ1) is 20.9. The van der Waals surface area contributed by atoms with Crippen molar-refractivity contribution in [1.29, 1.82) is 0 Å². The molecule has 31 heavy (non-hydrogen) atoms. The zero-order chi connectivity index (χ0) is 21.8. The third kappa shape index (κ3) is 4.87. The van der Waals surface area contributed by atoms with Crippen LogP contribution in [0.4, 0.5) is 5.69 Å². The molecule has 7 nitrogen and oxygen atoms in total. The van der Waals surface area contributed by atoms with Gasteiger partial charge in [0, 0.05) is 16.6 Å². The van der Waals surface area contributed by atoms with Gasteiger partial charge in [0.05, 0.1) is 30.4 Å². The lowest BCUT2D eigenvalue weighted by Crippen LogP contribution is -2.23. The largest absolute Gasteiger partial charge is 0.468 e. The molecule has 2 aromatic heterocycles. The Bertz CT molecular complexity index is 1310. The molecule has 0 unspecified atom stereocenters. The zero-order valence-electron chi connectivity index (χ0n) is 16.9. The summed E-state index contributed by atoms with van der Waals surface area (Å²) < 4.78 is 38.3. The fourth-order valence-electron chi connectivity index (χ4n) is 3.27. The third-order valence-electron chi connectivity index (χ3n) is 4.92. The molecule has 0 fully saturated rings. The topological polar surface area (TPSA) is 102 Å². The molecule has 0 spiro atoms. The van der Waals surface area contributed by atoms with Gasteiger partial charge in [0.25, 0.3) is 0 Å². The first-order chi connectivity index (χ1) is 14.9. The number of anilines is 1. The van der Waals surface area contributed by atoms with Crippen LogP contribution in [0.1, 0.15) is 23.8 Å². The van der Waals surface area contributed by atoms with E-state index in [-0.39, 0.29) is 23.8 Å². The molecule has 0 atom stereocenters. The van der Waals surface area contributed by atoms with E-state index in [2.05, 4.69) is 17.0 Å². The molecule has 0 aliphatic heterocycles. The molecule has 0 saturated heterocycles. The van der Waals surface area contributed by atoms with Gasteiger partial charge in [-0.1, -0.05) is 25.1 Å². The Morgan fingerprint density at radius 3 is 2.68 bits per heavy atom. The summed E-state index contributed by atoms with van der Waals surface area (Å²) >= 11 is 0. The highest BCUT2D eigenvalue weighted by molar-refractivity contribution is 7.89. The first-order valence-corrected chi connectivity index (χ1v) is 11.3. The summed E-state index contributed by atoms with van der Waals surface area (Å²) in [7, 11) is -3.76. The van der Waals surface area contributed by atoms with Crippen LogP contribution in [0.25, 0.3) is 11.0 Å². The number of carbonyl (C=O) groups is 1. The van der Waals surface area contributed by atoms with Crippen LogP contribution in [0, 0.1) is 0 Å². The van der Waals surface area contributed by atoms with Crippen molar-refractivity contribution in [1.82, 2.24) is 4.72 Å². The van der Waals surface area contributed by atoms with Crippen LogP contribution in [0.5, 0.6) is 0 Å². The van der Waals surface area contributed by atoms with E-state index in [1.807, 2.05) is 18.2 Å². The number of fused-ring (bicyclic) bond motifs is 1. The average Bonchev–Trinajstić information content (AvgIpc) is 3.42. The molecule has 0 aliphatic rings. The molecule has 0 radical (unpaired) electrons. The molecule has 0 bridgehead atoms. The number of hydrogen-bond acceptors (Lipinski definition) is 5. The summed E-state index contributed by atoms with van der Waals surface area (Å²) in [5.74, 6) is 0.242. The second-order valence-corrected chi connectivity index (χ2v) is 8.87. The summed E-state index contributed by atoms with van der Waals surface area (Å²) in [6.45, 7) is 2.11. The van der Waals surface area contributed by atoms with Crippen molar-refractivity contribution in [2.45, 2.75) is 31.2 Å². The molecule has 8 heteroatoms. The van der Waals surface area contributed by atoms with Crippen LogP contribution in [0.15, 0.2) is 80.9 Å². The van der Waals surface area contributed by atoms with Crippen molar-refractivity contribution in [3.05, 3.63) is 84.0 Å². The molecule has 4 aromatic rings. The highest BCUT2D eigenvalue weighted by Gasteiger charge is 2.16. The van der Waals surface area contributed by atoms with Gasteiger partial charge in [-0.2, -0.15) is 0 Å². The summed E-state index contributed by atoms with van der Waals surface area (Å²) in [6, 6.07) is 15.4. The molecule has 0 aliphatic carbocycles. The fourth-order valence-corrected chi connectivity index (χ4v) is 4.31. The summed E-state index contributed by atoms with van der Waals surface area (Å²) in [6.07, 6.45) is 4.09. The standard InChI is InChI=1S/C23H22N2O5S/c1-2-16-8-9-21-17(15-30-22(21)11-16)12-23(26)25-18-5-3-7-20(13-18)31(27,28)24-14-19-6-4-10-29-19/h3-11,13,15,24H,2,12,14H2,1H3,(H,25,26). The van der Waals surface area contributed by atoms with E-state index in [0.29, 0.717) is 11.4 Å². The molecule has 2 aromatic carbocycles. The zero-order valence-corrected chi connectivity index (χ0v) is 17.7. The quantitative estimate of drug-likeness (QED) is 0.428. The van der Waals surface area contributed by atoms with Gasteiger partial charge in [-0.15, -0.1) is 0 Å². The lowest BCUT2D eigenvalue weighted by molar-refractivity contribution is -0.115. The Morgan fingerprint density at radius 2 is 1.90 bits per heavy atom. The van der Waals surface area contributed by atoms with E-state index in [4.69, 9.17) is 8.83 Å². The van der Waals surface area contributed by atoms with Crippen molar-refractivity contribution in [2.75, 3.05) is 5.32 Å². The Hall–Kier alpha value is -3.36. The lowest BCUT2D eigenvalue weighted by atomic mass is 10.1. The fraction of sp³-hybridized carbons (Fsp3) is 0.174. The van der Waals surface area contributed by atoms with E-state index in [1.165, 1.54) is 18.4 Å². The number of hydrogen-bond donors (Lipinski definition) is 2. The maximum atomic E-state index is 12.6. The monoisotopic (exact) mass is 438 g/mol. The van der Waals surface area contributed by atoms with Crippen molar-refractivity contribution < 1.29 is 22.0 Å². The summed E-state index contributed by atoms with van der Waals surface area (Å²) in [5, 5.41) is 3.65. The van der Waals surface area contributed by atoms with Gasteiger partial charge < -0.3 is 14.2 Å². The number of rotatable bonds is 8. The molecular formula is C23H22N2O5S. The molecule has 0 saturated carbocycles. The Balaban J connectivity index is 1.44. The van der Waals surface area contributed by atoms with Crippen molar-refractivity contribution >= 4 is 32.6 Å². The predicted octanol–water partition coefficient (Wildman–Crippen LogP) is 4.25. The van der Waals surface area contributed by atoms with Gasteiger partial charge in [-0.05, 0) is 48.4 Å². The van der Waals surface area contributed by atoms with Gasteiger partial charge >= 0.3 is 0 Å². The van der Waals surface area contributed by atoms with E-state index in [9.17, 15) is 13.2 Å². The van der Waals surface area contributed by atoms with E-state index in [1.54, 1.807) is 30.5 Å². The van der Waals surface area contributed by atoms with E-state index < -0.39 is 10.0 Å². The number of sulfonamides is 1. The van der Waals surface area contributed by atoms with Gasteiger partial charge in [-0.3, -0.25) is 4.79 Å². The highest BCUT2D eigenvalue weighted by Crippen LogP contribution is 2.24. The van der Waals surface area contributed by atoms with Crippen LogP contribution in [-0.2, 0) is 34.2 Å². The second kappa shape index (κ2) is 8.79. The SMILES string of the molecule is CCc1ccc2c(CC(=O)Nc3cccc(S(=O)(=O)NCc4ccco4)c3)coc2c1. The van der Waals surface area contributed by atoms with Crippen LogP contribution in [0.3, 0.4) is 0 Å². The summed E-state index contributed by atoms with van der Waals surface area (Å²) in [5.41, 5.74) is 3.08. The maximum absolute atomic E-state index is 12.6. The number of nitrogens with one attached hydrogen (secondary N) is 2. The van der Waals surface area contributed by atoms with Gasteiger partial charge in [0.2, 0.25) is 15.9 Å². The first-order valence-electron chi connectivity index (χ1n) is 9.85. The Morgan fingerprint density at radius 1 is 1.03 bits per heavy atom. The number of benzene rings is 2. The minimum atomic E-state index is -3.76. The second-order valence-electron chi connectivity index (χ2n) is 7.10. The average molecular weight is 439 g/mol. The summed E-state index contributed by atoms with van der Waals surface area (Å²) in [4.78, 5) is 12.6. The number of aryl methyl sites for hydroxylation is 1. The lowest BCUT2D eigenvalue weighted by Gasteiger charge is -2.09. The third-order valence-corrected chi connectivity index (χ3v) is 6.32. The molecule has 160 valence electrons. The number of furan rings is 2. The van der Waals surface area contributed by atoms with Gasteiger partial charge in [0.1, 0.15) is 11.3 Å². The van der Waals surface area contributed by atoms with Crippen LogP contribution < -0.4 is 10.0 Å². The number of amides is 1. The van der Waals surface area contributed by atoms with Crippen molar-refractivity contribution in [2.24, 2.45) is 0 Å². The van der Waals surface area contributed by atoms with Gasteiger partial charge in [-0.25, -0.2) is 13.1 Å². The van der Waals surface area contributed by atoms with Gasteiger partial charge in [0.15, 0.2) is 0 Å².